The van der Waals surface area contributed by atoms with Crippen LogP contribution in [-0.2, 0) is 0 Å². The summed E-state index contributed by atoms with van der Waals surface area (Å²) in [5.74, 6) is 0.800. The third-order valence-electron chi connectivity index (χ3n) is 3.81. The standard InChI is InChI=1S/C12H22N2/c1-10-9-14(8-7-12(10)13-2)11-5-3-4-6-11/h3-4,10-13H,5-9H2,1-2H3. The average molecular weight is 194 g/mol. The fraction of sp³-hybridized carbons (Fsp3) is 0.833. The summed E-state index contributed by atoms with van der Waals surface area (Å²) >= 11 is 0. The number of likely N-dealkylation sites (tertiary alicyclic amines) is 1. The van der Waals surface area contributed by atoms with E-state index in [1.54, 1.807) is 0 Å². The lowest BCUT2D eigenvalue weighted by molar-refractivity contribution is 0.111. The normalized spacial score (nSPS) is 35.3. The summed E-state index contributed by atoms with van der Waals surface area (Å²) in [7, 11) is 2.09. The maximum Gasteiger partial charge on any atom is 0.0164 e. The van der Waals surface area contributed by atoms with Crippen LogP contribution < -0.4 is 5.32 Å². The Labute approximate surface area is 87.4 Å². The first kappa shape index (κ1) is 10.2. The fourth-order valence-corrected chi connectivity index (χ4v) is 2.84. The molecule has 0 aromatic heterocycles. The zero-order chi connectivity index (χ0) is 9.97. The van der Waals surface area contributed by atoms with Crippen molar-refractivity contribution in [3.05, 3.63) is 12.2 Å². The molecule has 0 bridgehead atoms. The fourth-order valence-electron chi connectivity index (χ4n) is 2.84. The van der Waals surface area contributed by atoms with Gasteiger partial charge in [0.15, 0.2) is 0 Å². The Morgan fingerprint density at radius 3 is 2.57 bits per heavy atom. The van der Waals surface area contributed by atoms with E-state index in [0.29, 0.717) is 0 Å². The first-order valence-electron chi connectivity index (χ1n) is 5.87. The van der Waals surface area contributed by atoms with Crippen molar-refractivity contribution in [2.75, 3.05) is 20.1 Å². The second-order valence-corrected chi connectivity index (χ2v) is 4.75. The monoisotopic (exact) mass is 194 g/mol. The van der Waals surface area contributed by atoms with E-state index in [0.717, 1.165) is 18.0 Å². The Hall–Kier alpha value is -0.340. The molecule has 2 aliphatic rings. The van der Waals surface area contributed by atoms with Gasteiger partial charge in [0, 0.05) is 18.6 Å². The minimum Gasteiger partial charge on any atom is -0.317 e. The summed E-state index contributed by atoms with van der Waals surface area (Å²) in [4.78, 5) is 2.68. The minimum atomic E-state index is 0.737. The lowest BCUT2D eigenvalue weighted by atomic mass is 9.92. The van der Waals surface area contributed by atoms with Crippen molar-refractivity contribution >= 4 is 0 Å². The number of rotatable bonds is 2. The Morgan fingerprint density at radius 2 is 2.00 bits per heavy atom. The molecule has 1 aliphatic heterocycles. The van der Waals surface area contributed by atoms with Crippen molar-refractivity contribution in [1.82, 2.24) is 10.2 Å². The Kier molecular flexibility index (Phi) is 3.24. The molecule has 0 radical (unpaired) electrons. The van der Waals surface area contributed by atoms with Gasteiger partial charge >= 0.3 is 0 Å². The zero-order valence-corrected chi connectivity index (χ0v) is 9.37. The van der Waals surface area contributed by atoms with Crippen LogP contribution in [0.4, 0.5) is 0 Å². The minimum absolute atomic E-state index is 0.737. The first-order valence-corrected chi connectivity index (χ1v) is 5.87. The van der Waals surface area contributed by atoms with Gasteiger partial charge in [0.05, 0.1) is 0 Å². The molecular weight excluding hydrogens is 172 g/mol. The Morgan fingerprint density at radius 1 is 1.29 bits per heavy atom. The molecule has 1 N–H and O–H groups in total. The molecule has 0 saturated carbocycles. The molecular formula is C12H22N2. The zero-order valence-electron chi connectivity index (χ0n) is 9.37. The SMILES string of the molecule is CNC1CCN(C2CC=CC2)CC1C. The molecule has 80 valence electrons. The van der Waals surface area contributed by atoms with Gasteiger partial charge in [0.2, 0.25) is 0 Å². The molecule has 0 aromatic carbocycles. The number of nitrogens with zero attached hydrogens (tertiary/aromatic N) is 1. The lowest BCUT2D eigenvalue weighted by Crippen LogP contribution is -2.50. The van der Waals surface area contributed by atoms with E-state index < -0.39 is 0 Å². The summed E-state index contributed by atoms with van der Waals surface area (Å²) in [5.41, 5.74) is 0. The molecule has 1 saturated heterocycles. The van der Waals surface area contributed by atoms with E-state index >= 15 is 0 Å². The third-order valence-corrected chi connectivity index (χ3v) is 3.81. The van der Waals surface area contributed by atoms with Gasteiger partial charge in [-0.05, 0) is 38.8 Å². The van der Waals surface area contributed by atoms with Crippen LogP contribution >= 0.6 is 0 Å². The second kappa shape index (κ2) is 4.45. The van der Waals surface area contributed by atoms with Crippen LogP contribution in [-0.4, -0.2) is 37.1 Å². The van der Waals surface area contributed by atoms with Gasteiger partial charge in [-0.1, -0.05) is 19.1 Å². The largest absolute Gasteiger partial charge is 0.317 e. The van der Waals surface area contributed by atoms with Crippen LogP contribution in [0, 0.1) is 5.92 Å². The number of nitrogens with one attached hydrogen (secondary N) is 1. The van der Waals surface area contributed by atoms with Gasteiger partial charge < -0.3 is 5.32 Å². The molecule has 0 amide bonds. The highest BCUT2D eigenvalue weighted by Gasteiger charge is 2.28. The van der Waals surface area contributed by atoms with E-state index in [1.165, 1.54) is 32.4 Å². The van der Waals surface area contributed by atoms with Crippen molar-refractivity contribution in [1.29, 1.82) is 0 Å². The van der Waals surface area contributed by atoms with Crippen molar-refractivity contribution in [2.45, 2.75) is 38.3 Å². The van der Waals surface area contributed by atoms with Crippen LogP contribution in [0.15, 0.2) is 12.2 Å². The topological polar surface area (TPSA) is 15.3 Å². The summed E-state index contributed by atoms with van der Waals surface area (Å²) < 4.78 is 0. The molecule has 1 heterocycles. The van der Waals surface area contributed by atoms with E-state index in [2.05, 4.69) is 36.3 Å². The van der Waals surface area contributed by atoms with Crippen LogP contribution in [0.25, 0.3) is 0 Å². The van der Waals surface area contributed by atoms with E-state index in [4.69, 9.17) is 0 Å². The van der Waals surface area contributed by atoms with E-state index in [1.807, 2.05) is 0 Å². The van der Waals surface area contributed by atoms with Gasteiger partial charge in [0.1, 0.15) is 0 Å². The van der Waals surface area contributed by atoms with Gasteiger partial charge in [-0.3, -0.25) is 4.90 Å². The van der Waals surface area contributed by atoms with Gasteiger partial charge in [-0.15, -0.1) is 0 Å². The first-order chi connectivity index (χ1) is 6.81. The summed E-state index contributed by atoms with van der Waals surface area (Å²) in [6.07, 6.45) is 8.53. The lowest BCUT2D eigenvalue weighted by Gasteiger charge is -2.40. The van der Waals surface area contributed by atoms with Crippen LogP contribution in [0.2, 0.25) is 0 Å². The molecule has 2 rings (SSSR count). The molecule has 1 fully saturated rings. The number of piperidine rings is 1. The maximum atomic E-state index is 3.42. The molecule has 0 aromatic rings. The van der Waals surface area contributed by atoms with Gasteiger partial charge in [0.25, 0.3) is 0 Å². The predicted molar refractivity (Wildman–Crippen MR) is 60.4 cm³/mol. The summed E-state index contributed by atoms with van der Waals surface area (Å²) in [6.45, 7) is 4.93. The Bertz CT molecular complexity index is 204. The maximum absolute atomic E-state index is 3.42. The van der Waals surface area contributed by atoms with Crippen LogP contribution in [0.5, 0.6) is 0 Å². The number of hydrogen-bond acceptors (Lipinski definition) is 2. The Balaban J connectivity index is 1.86. The predicted octanol–water partition coefficient (Wildman–Crippen LogP) is 1.63. The van der Waals surface area contributed by atoms with E-state index in [-0.39, 0.29) is 0 Å². The van der Waals surface area contributed by atoms with Crippen molar-refractivity contribution in [3.8, 4) is 0 Å². The summed E-state index contributed by atoms with van der Waals surface area (Å²) in [6, 6.07) is 1.55. The second-order valence-electron chi connectivity index (χ2n) is 4.75. The molecule has 2 nitrogen and oxygen atoms in total. The van der Waals surface area contributed by atoms with Crippen molar-refractivity contribution in [3.63, 3.8) is 0 Å². The van der Waals surface area contributed by atoms with Crippen LogP contribution in [0.1, 0.15) is 26.2 Å². The van der Waals surface area contributed by atoms with Crippen LogP contribution in [0.3, 0.4) is 0 Å². The smallest absolute Gasteiger partial charge is 0.0164 e. The molecule has 1 aliphatic carbocycles. The van der Waals surface area contributed by atoms with E-state index in [9.17, 15) is 0 Å². The summed E-state index contributed by atoms with van der Waals surface area (Å²) in [5, 5.41) is 3.42. The highest BCUT2D eigenvalue weighted by atomic mass is 15.2. The molecule has 2 unspecified atom stereocenters. The van der Waals surface area contributed by atoms with Crippen molar-refractivity contribution < 1.29 is 0 Å². The molecule has 2 heteroatoms. The third kappa shape index (κ3) is 2.01. The highest BCUT2D eigenvalue weighted by molar-refractivity contribution is 5.00. The highest BCUT2D eigenvalue weighted by Crippen LogP contribution is 2.24. The van der Waals surface area contributed by atoms with Gasteiger partial charge in [-0.2, -0.15) is 0 Å². The quantitative estimate of drug-likeness (QED) is 0.672. The molecule has 2 atom stereocenters. The van der Waals surface area contributed by atoms with Gasteiger partial charge in [-0.25, -0.2) is 0 Å². The van der Waals surface area contributed by atoms with Crippen molar-refractivity contribution in [2.24, 2.45) is 5.92 Å². The average Bonchev–Trinajstić information content (AvgIpc) is 2.70. The molecule has 14 heavy (non-hydrogen) atoms. The number of hydrogen-bond donors (Lipinski definition) is 1. The molecule has 0 spiro atoms.